The molecule has 0 aliphatic rings. The Morgan fingerprint density at radius 1 is 0.913 bits per heavy atom. The molecule has 0 fully saturated rings. The van der Waals surface area contributed by atoms with Crippen LogP contribution in [0.5, 0.6) is 0 Å². The maximum Gasteiger partial charge on any atom is 0.0465 e. The molecular weight excluding hydrogens is 280 g/mol. The fourth-order valence-electron chi connectivity index (χ4n) is 2.89. The molecule has 2 aromatic carbocycles. The Hall–Kier alpha value is -1.86. The third-order valence-corrected chi connectivity index (χ3v) is 4.80. The molecule has 0 aromatic heterocycles. The number of hydrogen-bond donors (Lipinski definition) is 1. The summed E-state index contributed by atoms with van der Waals surface area (Å²) >= 11 is 0. The Balaban J connectivity index is 2.07. The molecule has 0 amide bonds. The van der Waals surface area contributed by atoms with Crippen molar-refractivity contribution in [1.82, 2.24) is 0 Å². The Morgan fingerprint density at radius 2 is 1.52 bits per heavy atom. The smallest absolute Gasteiger partial charge is 0.0465 e. The predicted molar refractivity (Wildman–Crippen MR) is 99.8 cm³/mol. The van der Waals surface area contributed by atoms with E-state index in [1.54, 1.807) is 0 Å². The maximum absolute atomic E-state index is 9.76. The zero-order chi connectivity index (χ0) is 17.0. The van der Waals surface area contributed by atoms with E-state index < -0.39 is 0 Å². The van der Waals surface area contributed by atoms with E-state index in [9.17, 15) is 5.11 Å². The van der Waals surface area contributed by atoms with Gasteiger partial charge in [-0.25, -0.2) is 0 Å². The molecule has 0 bridgehead atoms. The third-order valence-electron chi connectivity index (χ3n) is 4.80. The number of benzene rings is 2. The van der Waals surface area contributed by atoms with Gasteiger partial charge in [0.25, 0.3) is 0 Å². The molecule has 2 aromatic rings. The maximum atomic E-state index is 9.76. The summed E-state index contributed by atoms with van der Waals surface area (Å²) in [7, 11) is 0. The first-order chi connectivity index (χ1) is 10.9. The molecule has 0 saturated carbocycles. The van der Waals surface area contributed by atoms with Crippen molar-refractivity contribution in [2.75, 3.05) is 6.61 Å². The monoisotopic (exact) mass is 308 g/mol. The van der Waals surface area contributed by atoms with Crippen molar-refractivity contribution >= 4 is 5.57 Å². The van der Waals surface area contributed by atoms with Crippen LogP contribution in [0.3, 0.4) is 0 Å². The summed E-state index contributed by atoms with van der Waals surface area (Å²) in [5.41, 5.74) is 8.80. The molecule has 0 saturated heterocycles. The van der Waals surface area contributed by atoms with Gasteiger partial charge in [-0.05, 0) is 85.4 Å². The predicted octanol–water partition coefficient (Wildman–Crippen LogP) is 5.17. The Kier molecular flexibility index (Phi) is 5.79. The Labute approximate surface area is 140 Å². The van der Waals surface area contributed by atoms with Crippen LogP contribution in [0.4, 0.5) is 0 Å². The molecule has 23 heavy (non-hydrogen) atoms. The molecule has 0 aliphatic heterocycles. The van der Waals surface area contributed by atoms with Crippen molar-refractivity contribution in [3.8, 4) is 0 Å². The van der Waals surface area contributed by atoms with Gasteiger partial charge >= 0.3 is 0 Å². The Bertz CT molecular complexity index is 697. The van der Waals surface area contributed by atoms with E-state index in [0.717, 1.165) is 18.4 Å². The van der Waals surface area contributed by atoms with Gasteiger partial charge in [-0.15, -0.1) is 0 Å². The van der Waals surface area contributed by atoms with Gasteiger partial charge in [0.2, 0.25) is 0 Å². The van der Waals surface area contributed by atoms with Crippen molar-refractivity contribution in [1.29, 1.82) is 0 Å². The van der Waals surface area contributed by atoms with Gasteiger partial charge in [-0.3, -0.25) is 0 Å². The quantitative estimate of drug-likeness (QED) is 0.780. The summed E-state index contributed by atoms with van der Waals surface area (Å²) < 4.78 is 0. The minimum atomic E-state index is 0.191. The van der Waals surface area contributed by atoms with Crippen LogP contribution in [0.15, 0.2) is 43.0 Å². The van der Waals surface area contributed by atoms with Crippen LogP contribution in [-0.4, -0.2) is 11.7 Å². The summed E-state index contributed by atoms with van der Waals surface area (Å²) in [6, 6.07) is 13.0. The van der Waals surface area contributed by atoms with E-state index in [-0.39, 0.29) is 12.5 Å². The SMILES string of the molecule is C=C(C[C@H](CO)Cc1ccc(C)c(C)c1)c1ccc(C)c(C)c1. The van der Waals surface area contributed by atoms with Crippen LogP contribution in [0.2, 0.25) is 0 Å². The largest absolute Gasteiger partial charge is 0.396 e. The minimum Gasteiger partial charge on any atom is -0.396 e. The number of hydrogen-bond acceptors (Lipinski definition) is 1. The second-order valence-electron chi connectivity index (χ2n) is 6.78. The average Bonchev–Trinajstić information content (AvgIpc) is 2.52. The van der Waals surface area contributed by atoms with Gasteiger partial charge in [0.05, 0.1) is 0 Å². The standard InChI is InChI=1S/C22H28O/c1-15-6-8-20(10-17(15)3)13-21(14-23)11-19(5)22-9-7-16(2)18(4)12-22/h6-10,12,21,23H,5,11,13-14H2,1-4H3/t21-/m0/s1. The van der Waals surface area contributed by atoms with Crippen LogP contribution < -0.4 is 0 Å². The Morgan fingerprint density at radius 3 is 2.09 bits per heavy atom. The summed E-state index contributed by atoms with van der Waals surface area (Å²) in [5.74, 6) is 0.214. The summed E-state index contributed by atoms with van der Waals surface area (Å²) in [5, 5.41) is 9.76. The zero-order valence-corrected chi connectivity index (χ0v) is 14.8. The zero-order valence-electron chi connectivity index (χ0n) is 14.8. The van der Waals surface area contributed by atoms with Crippen molar-refractivity contribution < 1.29 is 5.11 Å². The van der Waals surface area contributed by atoms with E-state index in [0.29, 0.717) is 0 Å². The van der Waals surface area contributed by atoms with E-state index in [1.165, 1.54) is 33.4 Å². The van der Waals surface area contributed by atoms with Crippen LogP contribution in [-0.2, 0) is 6.42 Å². The first-order valence-corrected chi connectivity index (χ1v) is 8.33. The fraction of sp³-hybridized carbons (Fsp3) is 0.364. The molecule has 1 nitrogen and oxygen atoms in total. The number of allylic oxidation sites excluding steroid dienone is 1. The molecule has 0 heterocycles. The highest BCUT2D eigenvalue weighted by Gasteiger charge is 2.12. The van der Waals surface area contributed by atoms with E-state index >= 15 is 0 Å². The molecule has 1 N–H and O–H groups in total. The van der Waals surface area contributed by atoms with Crippen molar-refractivity contribution in [3.63, 3.8) is 0 Å². The number of aliphatic hydroxyl groups is 1. The van der Waals surface area contributed by atoms with Gasteiger partial charge < -0.3 is 5.11 Å². The molecule has 1 heteroatoms. The minimum absolute atomic E-state index is 0.191. The van der Waals surface area contributed by atoms with Crippen LogP contribution in [0.1, 0.15) is 39.8 Å². The van der Waals surface area contributed by atoms with Crippen LogP contribution in [0.25, 0.3) is 5.57 Å². The lowest BCUT2D eigenvalue weighted by molar-refractivity contribution is 0.228. The van der Waals surface area contributed by atoms with Gasteiger partial charge in [-0.1, -0.05) is 43.0 Å². The molecule has 0 spiro atoms. The number of aliphatic hydroxyl groups excluding tert-OH is 1. The highest BCUT2D eigenvalue weighted by molar-refractivity contribution is 5.64. The highest BCUT2D eigenvalue weighted by atomic mass is 16.3. The summed E-state index contributed by atoms with van der Waals surface area (Å²) in [6.07, 6.45) is 1.72. The average molecular weight is 308 g/mol. The normalized spacial score (nSPS) is 12.2. The van der Waals surface area contributed by atoms with Gasteiger partial charge in [0.1, 0.15) is 0 Å². The van der Waals surface area contributed by atoms with E-state index in [2.05, 4.69) is 70.7 Å². The topological polar surface area (TPSA) is 20.2 Å². The second-order valence-corrected chi connectivity index (χ2v) is 6.78. The third kappa shape index (κ3) is 4.56. The van der Waals surface area contributed by atoms with E-state index in [4.69, 9.17) is 0 Å². The second kappa shape index (κ2) is 7.61. The molecule has 0 aliphatic carbocycles. The number of rotatable bonds is 6. The number of aryl methyl sites for hydroxylation is 4. The van der Waals surface area contributed by atoms with Gasteiger partial charge in [-0.2, -0.15) is 0 Å². The lowest BCUT2D eigenvalue weighted by Gasteiger charge is -2.17. The van der Waals surface area contributed by atoms with Crippen molar-refractivity contribution in [3.05, 3.63) is 76.4 Å². The highest BCUT2D eigenvalue weighted by Crippen LogP contribution is 2.25. The molecule has 1 atom stereocenters. The lowest BCUT2D eigenvalue weighted by atomic mass is 9.89. The molecular formula is C22H28O. The van der Waals surface area contributed by atoms with Crippen molar-refractivity contribution in [2.24, 2.45) is 5.92 Å². The van der Waals surface area contributed by atoms with Crippen LogP contribution >= 0.6 is 0 Å². The summed E-state index contributed by atoms with van der Waals surface area (Å²) in [6.45, 7) is 13.0. The van der Waals surface area contributed by atoms with Gasteiger partial charge in [0.15, 0.2) is 0 Å². The molecule has 122 valence electrons. The van der Waals surface area contributed by atoms with E-state index in [1.807, 2.05) is 0 Å². The summed E-state index contributed by atoms with van der Waals surface area (Å²) in [4.78, 5) is 0. The lowest BCUT2D eigenvalue weighted by Crippen LogP contribution is -2.10. The molecule has 2 rings (SSSR count). The molecule has 0 radical (unpaired) electrons. The van der Waals surface area contributed by atoms with Gasteiger partial charge in [0, 0.05) is 6.61 Å². The first kappa shape index (κ1) is 17.5. The molecule has 0 unspecified atom stereocenters. The fourth-order valence-corrected chi connectivity index (χ4v) is 2.89. The van der Waals surface area contributed by atoms with Crippen LogP contribution in [0, 0.1) is 33.6 Å². The van der Waals surface area contributed by atoms with Crippen molar-refractivity contribution in [2.45, 2.75) is 40.5 Å². The first-order valence-electron chi connectivity index (χ1n) is 8.33.